The molecular weight excluding hydrogens is 503 g/mol. The highest BCUT2D eigenvalue weighted by molar-refractivity contribution is 14.0. The molecule has 0 atom stereocenters. The van der Waals surface area contributed by atoms with Crippen LogP contribution in [0.5, 0.6) is 17.2 Å². The van der Waals surface area contributed by atoms with Crippen molar-refractivity contribution in [3.63, 3.8) is 0 Å². The van der Waals surface area contributed by atoms with E-state index in [2.05, 4.69) is 39.4 Å². The molecule has 10 heteroatoms. The van der Waals surface area contributed by atoms with Gasteiger partial charge >= 0.3 is 6.61 Å². The summed E-state index contributed by atoms with van der Waals surface area (Å²) in [4.78, 5) is 6.90. The topological polar surface area (TPSA) is 64.1 Å². The van der Waals surface area contributed by atoms with Gasteiger partial charge in [-0.15, -0.1) is 35.3 Å². The number of hydrogen-bond donors (Lipinski definition) is 2. The summed E-state index contributed by atoms with van der Waals surface area (Å²) in [6.45, 7) is 2.60. The number of benzene rings is 1. The van der Waals surface area contributed by atoms with Gasteiger partial charge in [0, 0.05) is 27.9 Å². The molecule has 3 rings (SSSR count). The fraction of sp³-hybridized carbons (Fsp3) is 0.389. The van der Waals surface area contributed by atoms with Crippen LogP contribution in [0.15, 0.2) is 29.3 Å². The predicted molar refractivity (Wildman–Crippen MR) is 115 cm³/mol. The summed E-state index contributed by atoms with van der Waals surface area (Å²) >= 11 is 1.71. The molecule has 2 aromatic rings. The average molecular weight is 525 g/mol. The first-order valence-corrected chi connectivity index (χ1v) is 9.31. The van der Waals surface area contributed by atoms with Gasteiger partial charge < -0.3 is 24.8 Å². The minimum absolute atomic E-state index is 0. The first-order valence-electron chi connectivity index (χ1n) is 8.50. The third-order valence-corrected chi connectivity index (χ3v) is 4.75. The summed E-state index contributed by atoms with van der Waals surface area (Å²) in [5.41, 5.74) is 0.490. The molecular formula is C18H22F2IN3O3S. The van der Waals surface area contributed by atoms with E-state index >= 15 is 0 Å². The number of nitrogens with one attached hydrogen (secondary N) is 2. The third kappa shape index (κ3) is 6.09. The number of thiophene rings is 1. The standard InChI is InChI=1S/C18H21F2N3O3S.HI/c1-3-21-18(23-9-13-5-4-11(2)27-13)22-8-12-6-15-16(25-10-24-15)7-14(12)26-17(19)20;/h4-7,17H,3,8-10H2,1-2H3,(H2,21,22,23);1H. The molecule has 0 bridgehead atoms. The Bertz CT molecular complexity index is 817. The highest BCUT2D eigenvalue weighted by Crippen LogP contribution is 2.39. The molecule has 1 aromatic heterocycles. The molecule has 28 heavy (non-hydrogen) atoms. The Morgan fingerprint density at radius 3 is 2.64 bits per heavy atom. The molecule has 1 aliphatic heterocycles. The molecule has 2 heterocycles. The van der Waals surface area contributed by atoms with E-state index in [1.54, 1.807) is 17.4 Å². The number of aliphatic imine (C=N–C) groups is 1. The molecule has 0 fully saturated rings. The quantitative estimate of drug-likeness (QED) is 0.322. The molecule has 2 N–H and O–H groups in total. The van der Waals surface area contributed by atoms with Gasteiger partial charge in [0.15, 0.2) is 17.5 Å². The fourth-order valence-corrected chi connectivity index (χ4v) is 3.38. The van der Waals surface area contributed by atoms with Crippen molar-refractivity contribution in [2.45, 2.75) is 33.5 Å². The number of rotatable bonds is 7. The fourth-order valence-electron chi connectivity index (χ4n) is 2.55. The number of halogens is 3. The predicted octanol–water partition coefficient (Wildman–Crippen LogP) is 4.26. The number of guanidine groups is 1. The summed E-state index contributed by atoms with van der Waals surface area (Å²) < 4.78 is 40.6. The van der Waals surface area contributed by atoms with Crippen molar-refractivity contribution in [1.29, 1.82) is 0 Å². The Hall–Kier alpha value is -1.82. The van der Waals surface area contributed by atoms with Crippen LogP contribution in [0.3, 0.4) is 0 Å². The lowest BCUT2D eigenvalue weighted by atomic mass is 10.1. The molecule has 6 nitrogen and oxygen atoms in total. The number of alkyl halides is 2. The van der Waals surface area contributed by atoms with E-state index in [1.807, 2.05) is 6.92 Å². The first-order chi connectivity index (χ1) is 13.0. The van der Waals surface area contributed by atoms with E-state index < -0.39 is 6.61 Å². The minimum Gasteiger partial charge on any atom is -0.454 e. The van der Waals surface area contributed by atoms with Crippen LogP contribution >= 0.6 is 35.3 Å². The molecule has 0 saturated carbocycles. The largest absolute Gasteiger partial charge is 0.454 e. The van der Waals surface area contributed by atoms with E-state index in [4.69, 9.17) is 9.47 Å². The number of fused-ring (bicyclic) bond motifs is 1. The van der Waals surface area contributed by atoms with Gasteiger partial charge in [0.2, 0.25) is 6.79 Å². The highest BCUT2D eigenvalue weighted by Gasteiger charge is 2.20. The number of aryl methyl sites for hydroxylation is 1. The SMILES string of the molecule is CCNC(=NCc1cc2c(cc1OC(F)F)OCO2)NCc1ccc(C)s1.I. The summed E-state index contributed by atoms with van der Waals surface area (Å²) in [7, 11) is 0. The van der Waals surface area contributed by atoms with Crippen LogP contribution in [0.4, 0.5) is 8.78 Å². The molecule has 154 valence electrons. The van der Waals surface area contributed by atoms with Crippen LogP contribution in [0.25, 0.3) is 0 Å². The van der Waals surface area contributed by atoms with E-state index in [-0.39, 0.29) is 43.1 Å². The van der Waals surface area contributed by atoms with Gasteiger partial charge in [-0.2, -0.15) is 8.78 Å². The molecule has 1 aromatic carbocycles. The van der Waals surface area contributed by atoms with Gasteiger partial charge in [-0.1, -0.05) is 0 Å². The summed E-state index contributed by atoms with van der Waals surface area (Å²) in [5.74, 6) is 1.50. The van der Waals surface area contributed by atoms with Gasteiger partial charge in [0.05, 0.1) is 13.1 Å². The first kappa shape index (κ1) is 22.5. The average Bonchev–Trinajstić information content (AvgIpc) is 3.25. The number of ether oxygens (including phenoxy) is 3. The molecule has 1 aliphatic rings. The van der Waals surface area contributed by atoms with Crippen molar-refractivity contribution in [3.05, 3.63) is 39.6 Å². The van der Waals surface area contributed by atoms with Crippen LogP contribution in [0.2, 0.25) is 0 Å². The number of hydrogen-bond acceptors (Lipinski definition) is 5. The van der Waals surface area contributed by atoms with Crippen LogP contribution < -0.4 is 24.8 Å². The van der Waals surface area contributed by atoms with Gasteiger partial charge in [-0.25, -0.2) is 4.99 Å². The Morgan fingerprint density at radius 2 is 2.00 bits per heavy atom. The van der Waals surface area contributed by atoms with Crippen molar-refractivity contribution < 1.29 is 23.0 Å². The zero-order valence-corrected chi connectivity index (χ0v) is 18.6. The monoisotopic (exact) mass is 525 g/mol. The molecule has 0 radical (unpaired) electrons. The van der Waals surface area contributed by atoms with E-state index in [9.17, 15) is 8.78 Å². The van der Waals surface area contributed by atoms with Crippen molar-refractivity contribution in [2.24, 2.45) is 4.99 Å². The van der Waals surface area contributed by atoms with Crippen LogP contribution in [0, 0.1) is 6.92 Å². The van der Waals surface area contributed by atoms with Crippen molar-refractivity contribution in [2.75, 3.05) is 13.3 Å². The second kappa shape index (κ2) is 10.6. The lowest BCUT2D eigenvalue weighted by Gasteiger charge is -2.13. The second-order valence-electron chi connectivity index (χ2n) is 5.75. The Morgan fingerprint density at radius 1 is 1.25 bits per heavy atom. The summed E-state index contributed by atoms with van der Waals surface area (Å²) in [6, 6.07) is 7.15. The molecule has 0 aliphatic carbocycles. The van der Waals surface area contributed by atoms with E-state index in [0.29, 0.717) is 36.1 Å². The lowest BCUT2D eigenvalue weighted by Crippen LogP contribution is -2.36. The van der Waals surface area contributed by atoms with Gasteiger partial charge in [-0.05, 0) is 32.0 Å². The molecule has 0 saturated heterocycles. The maximum absolute atomic E-state index is 12.7. The highest BCUT2D eigenvalue weighted by atomic mass is 127. The lowest BCUT2D eigenvalue weighted by molar-refractivity contribution is -0.0505. The van der Waals surface area contributed by atoms with Crippen LogP contribution in [-0.4, -0.2) is 25.9 Å². The Kier molecular flexibility index (Phi) is 8.55. The molecule has 0 amide bonds. The normalized spacial score (nSPS) is 12.7. The molecule has 0 unspecified atom stereocenters. The van der Waals surface area contributed by atoms with Crippen molar-refractivity contribution in [1.82, 2.24) is 10.6 Å². The maximum Gasteiger partial charge on any atom is 0.387 e. The Balaban J connectivity index is 0.00000280. The third-order valence-electron chi connectivity index (χ3n) is 3.75. The van der Waals surface area contributed by atoms with Crippen LogP contribution in [0.1, 0.15) is 22.2 Å². The van der Waals surface area contributed by atoms with Crippen molar-refractivity contribution in [3.8, 4) is 17.2 Å². The van der Waals surface area contributed by atoms with Gasteiger partial charge in [0.25, 0.3) is 0 Å². The second-order valence-corrected chi connectivity index (χ2v) is 7.13. The zero-order chi connectivity index (χ0) is 19.2. The maximum atomic E-state index is 12.7. The van der Waals surface area contributed by atoms with Gasteiger partial charge in [0.1, 0.15) is 5.75 Å². The number of nitrogens with zero attached hydrogens (tertiary/aromatic N) is 1. The minimum atomic E-state index is -2.93. The smallest absolute Gasteiger partial charge is 0.387 e. The zero-order valence-electron chi connectivity index (χ0n) is 15.5. The van der Waals surface area contributed by atoms with Gasteiger partial charge in [-0.3, -0.25) is 0 Å². The van der Waals surface area contributed by atoms with E-state index in [1.165, 1.54) is 15.8 Å². The van der Waals surface area contributed by atoms with E-state index in [0.717, 1.165) is 0 Å². The summed E-state index contributed by atoms with van der Waals surface area (Å²) in [6.07, 6.45) is 0. The van der Waals surface area contributed by atoms with Crippen molar-refractivity contribution >= 4 is 41.3 Å². The summed E-state index contributed by atoms with van der Waals surface area (Å²) in [5, 5.41) is 6.38. The molecule has 0 spiro atoms. The van der Waals surface area contributed by atoms with Crippen LogP contribution in [-0.2, 0) is 13.1 Å². The Labute approximate surface area is 183 Å².